The fourth-order valence-corrected chi connectivity index (χ4v) is 4.46. The Morgan fingerprint density at radius 3 is 2.76 bits per heavy atom. The zero-order valence-corrected chi connectivity index (χ0v) is 16.3. The van der Waals surface area contributed by atoms with Crippen molar-refractivity contribution >= 4 is 28.2 Å². The highest BCUT2D eigenvalue weighted by Gasteiger charge is 2.20. The van der Waals surface area contributed by atoms with Crippen LogP contribution in [0.5, 0.6) is 0 Å². The highest BCUT2D eigenvalue weighted by atomic mass is 19.1. The lowest BCUT2D eigenvalue weighted by Crippen LogP contribution is -2.36. The fraction of sp³-hybridized carbons (Fsp3) is 0.348. The maximum absolute atomic E-state index is 14.7. The van der Waals surface area contributed by atoms with Crippen LogP contribution in [0.1, 0.15) is 34.5 Å². The van der Waals surface area contributed by atoms with Crippen LogP contribution >= 0.6 is 0 Å². The number of nitrogens with one attached hydrogen (secondary N) is 2. The van der Waals surface area contributed by atoms with Gasteiger partial charge >= 0.3 is 0 Å². The van der Waals surface area contributed by atoms with Gasteiger partial charge in [0.15, 0.2) is 0 Å². The van der Waals surface area contributed by atoms with Crippen LogP contribution in [0.15, 0.2) is 36.4 Å². The van der Waals surface area contributed by atoms with E-state index in [2.05, 4.69) is 16.4 Å². The molecule has 6 heteroatoms. The predicted octanol–water partition coefficient (Wildman–Crippen LogP) is 4.27. The van der Waals surface area contributed by atoms with E-state index in [1.165, 1.54) is 30.2 Å². The molecule has 0 atom stereocenters. The van der Waals surface area contributed by atoms with Crippen LogP contribution in [0.3, 0.4) is 0 Å². The summed E-state index contributed by atoms with van der Waals surface area (Å²) in [6, 6.07) is 10.7. The third-order valence-electron chi connectivity index (χ3n) is 5.94. The highest BCUT2D eigenvalue weighted by molar-refractivity contribution is 6.12. The van der Waals surface area contributed by atoms with Crippen LogP contribution in [0.4, 0.5) is 15.8 Å². The minimum atomic E-state index is -0.335. The first kappa shape index (κ1) is 18.2. The summed E-state index contributed by atoms with van der Waals surface area (Å²) in [5, 5.41) is 3.99. The molecule has 3 aromatic rings. The van der Waals surface area contributed by atoms with E-state index in [4.69, 9.17) is 4.74 Å². The number of rotatable bonds is 3. The molecule has 2 N–H and O–H groups in total. The zero-order chi connectivity index (χ0) is 19.8. The van der Waals surface area contributed by atoms with Gasteiger partial charge in [0.05, 0.1) is 30.0 Å². The number of amides is 1. The van der Waals surface area contributed by atoms with Crippen LogP contribution in [-0.2, 0) is 17.6 Å². The minimum Gasteiger partial charge on any atom is -0.378 e. The number of para-hydroxylation sites is 1. The van der Waals surface area contributed by atoms with Crippen molar-refractivity contribution < 1.29 is 13.9 Å². The number of hydrogen-bond donors (Lipinski definition) is 2. The Labute approximate surface area is 168 Å². The molecule has 1 aliphatic carbocycles. The van der Waals surface area contributed by atoms with Crippen LogP contribution in [0.25, 0.3) is 10.9 Å². The summed E-state index contributed by atoms with van der Waals surface area (Å²) in [5.41, 5.74) is 5.05. The van der Waals surface area contributed by atoms with Crippen LogP contribution in [-0.4, -0.2) is 37.2 Å². The lowest BCUT2D eigenvalue weighted by Gasteiger charge is -2.29. The predicted molar refractivity (Wildman–Crippen MR) is 112 cm³/mol. The van der Waals surface area contributed by atoms with Crippen LogP contribution < -0.4 is 10.2 Å². The van der Waals surface area contributed by atoms with Crippen molar-refractivity contribution in [3.05, 3.63) is 59.0 Å². The molecule has 1 saturated heterocycles. The number of nitrogens with zero attached hydrogens (tertiary/aromatic N) is 1. The Morgan fingerprint density at radius 1 is 1.10 bits per heavy atom. The van der Waals surface area contributed by atoms with E-state index in [1.54, 1.807) is 12.1 Å². The maximum Gasteiger partial charge on any atom is 0.257 e. The topological polar surface area (TPSA) is 57.4 Å². The van der Waals surface area contributed by atoms with Gasteiger partial charge in [-0.2, -0.15) is 0 Å². The molecule has 1 aliphatic heterocycles. The molecule has 0 saturated carbocycles. The Hall–Kier alpha value is -2.86. The number of ether oxygens (including phenoxy) is 1. The van der Waals surface area contributed by atoms with E-state index in [0.717, 1.165) is 23.7 Å². The first-order valence-corrected chi connectivity index (χ1v) is 10.3. The standard InChI is InChI=1S/C23H24FN3O2/c24-19-14-15(8-9-21(19)27-10-12-29-13-11-27)25-23(28)18-6-3-5-17-16-4-1-2-7-20(16)26-22(17)18/h3,5-6,8-9,14,26H,1-2,4,7,10-13H2,(H,25,28). The van der Waals surface area contributed by atoms with E-state index in [0.29, 0.717) is 43.2 Å². The maximum atomic E-state index is 14.7. The Morgan fingerprint density at radius 2 is 1.93 bits per heavy atom. The van der Waals surface area contributed by atoms with Gasteiger partial charge in [-0.25, -0.2) is 4.39 Å². The van der Waals surface area contributed by atoms with Crippen LogP contribution in [0.2, 0.25) is 0 Å². The fourth-order valence-electron chi connectivity index (χ4n) is 4.46. The summed E-state index contributed by atoms with van der Waals surface area (Å²) in [5.74, 6) is -0.564. The van der Waals surface area contributed by atoms with Crippen molar-refractivity contribution in [2.75, 3.05) is 36.5 Å². The number of halogens is 1. The Bertz CT molecular complexity index is 1070. The molecule has 0 bridgehead atoms. The average Bonchev–Trinajstić information content (AvgIpc) is 3.13. The number of aromatic amines is 1. The van der Waals surface area contributed by atoms with E-state index in [-0.39, 0.29) is 11.7 Å². The summed E-state index contributed by atoms with van der Waals surface area (Å²) in [6.45, 7) is 2.54. The molecule has 0 unspecified atom stereocenters. The number of benzene rings is 2. The van der Waals surface area contributed by atoms with Crippen LogP contribution in [0, 0.1) is 5.82 Å². The van der Waals surface area contributed by atoms with Gasteiger partial charge in [0.25, 0.3) is 5.91 Å². The number of carbonyl (C=O) groups is 1. The number of fused-ring (bicyclic) bond motifs is 3. The van der Waals surface area contributed by atoms with Gasteiger partial charge in [-0.1, -0.05) is 12.1 Å². The van der Waals surface area contributed by atoms with Gasteiger partial charge in [-0.15, -0.1) is 0 Å². The quantitative estimate of drug-likeness (QED) is 0.699. The smallest absolute Gasteiger partial charge is 0.257 e. The van der Waals surface area contributed by atoms with E-state index < -0.39 is 0 Å². The molecule has 1 fully saturated rings. The van der Waals surface area contributed by atoms with Gasteiger partial charge in [0.1, 0.15) is 5.82 Å². The first-order chi connectivity index (χ1) is 14.2. The molecule has 1 amide bonds. The lowest BCUT2D eigenvalue weighted by molar-refractivity contribution is 0.102. The van der Waals surface area contributed by atoms with Gasteiger partial charge < -0.3 is 19.9 Å². The van der Waals surface area contributed by atoms with Crippen molar-refractivity contribution in [1.82, 2.24) is 4.98 Å². The molecule has 0 radical (unpaired) electrons. The molecular weight excluding hydrogens is 369 g/mol. The molecule has 2 heterocycles. The normalized spacial score (nSPS) is 16.7. The van der Waals surface area contributed by atoms with Crippen molar-refractivity contribution in [1.29, 1.82) is 0 Å². The molecule has 5 nitrogen and oxygen atoms in total. The summed E-state index contributed by atoms with van der Waals surface area (Å²) < 4.78 is 20.0. The largest absolute Gasteiger partial charge is 0.378 e. The molecule has 150 valence electrons. The number of H-pyrrole nitrogens is 1. The molecule has 5 rings (SSSR count). The second kappa shape index (κ2) is 7.52. The second-order valence-electron chi connectivity index (χ2n) is 7.74. The molecule has 2 aliphatic rings. The number of carbonyl (C=O) groups excluding carboxylic acids is 1. The SMILES string of the molecule is O=C(Nc1ccc(N2CCOCC2)c(F)c1)c1cccc2c3c([nH]c12)CCCC3. The summed E-state index contributed by atoms with van der Waals surface area (Å²) >= 11 is 0. The zero-order valence-electron chi connectivity index (χ0n) is 16.3. The Balaban J connectivity index is 1.40. The van der Waals surface area contributed by atoms with Crippen molar-refractivity contribution in [2.24, 2.45) is 0 Å². The number of anilines is 2. The summed E-state index contributed by atoms with van der Waals surface area (Å²) in [6.07, 6.45) is 4.44. The second-order valence-corrected chi connectivity index (χ2v) is 7.74. The molecular formula is C23H24FN3O2. The van der Waals surface area contributed by atoms with Gasteiger partial charge in [0.2, 0.25) is 0 Å². The van der Waals surface area contributed by atoms with Crippen molar-refractivity contribution in [2.45, 2.75) is 25.7 Å². The monoisotopic (exact) mass is 393 g/mol. The number of hydrogen-bond acceptors (Lipinski definition) is 3. The minimum absolute atomic E-state index is 0.229. The molecule has 2 aromatic carbocycles. The molecule has 1 aromatic heterocycles. The Kier molecular flexibility index (Phi) is 4.72. The number of aromatic nitrogens is 1. The lowest BCUT2D eigenvalue weighted by atomic mass is 9.95. The van der Waals surface area contributed by atoms with Gasteiger partial charge in [-0.05, 0) is 55.5 Å². The molecule has 0 spiro atoms. The van der Waals surface area contributed by atoms with Gasteiger partial charge in [0, 0.05) is 29.9 Å². The van der Waals surface area contributed by atoms with E-state index in [9.17, 15) is 9.18 Å². The third-order valence-corrected chi connectivity index (χ3v) is 5.94. The summed E-state index contributed by atoms with van der Waals surface area (Å²) in [7, 11) is 0. The highest BCUT2D eigenvalue weighted by Crippen LogP contribution is 2.31. The van der Waals surface area contributed by atoms with E-state index >= 15 is 0 Å². The summed E-state index contributed by atoms with van der Waals surface area (Å²) in [4.78, 5) is 18.4. The number of aryl methyl sites for hydroxylation is 2. The van der Waals surface area contributed by atoms with Gasteiger partial charge in [-0.3, -0.25) is 4.79 Å². The number of morpholine rings is 1. The first-order valence-electron chi connectivity index (χ1n) is 10.3. The van der Waals surface area contributed by atoms with E-state index in [1.807, 2.05) is 17.0 Å². The van der Waals surface area contributed by atoms with Crippen molar-refractivity contribution in [3.63, 3.8) is 0 Å². The molecule has 29 heavy (non-hydrogen) atoms. The third kappa shape index (κ3) is 3.38. The average molecular weight is 393 g/mol. The van der Waals surface area contributed by atoms with Crippen molar-refractivity contribution in [3.8, 4) is 0 Å².